The zero-order valence-corrected chi connectivity index (χ0v) is 15.3. The van der Waals surface area contributed by atoms with E-state index in [9.17, 15) is 14.0 Å². The fourth-order valence-corrected chi connectivity index (χ4v) is 3.23. The fourth-order valence-electron chi connectivity index (χ4n) is 2.57. The van der Waals surface area contributed by atoms with E-state index < -0.39 is 5.82 Å². The fraction of sp³-hybridized carbons (Fsp3) is 0.375. The van der Waals surface area contributed by atoms with Crippen molar-refractivity contribution in [1.29, 1.82) is 0 Å². The standard InChI is InChI=1S/C16H21FN4O2S2/c1-2-24-20-7-6-19-15(22)12-5-8-21(10-12)16(23)11-3-4-14(25-18)13(17)9-11/h2-4,9,12,20H,1,5-8,10,18H2,(H,19,22). The van der Waals surface area contributed by atoms with Crippen LogP contribution in [0.2, 0.25) is 0 Å². The Labute approximate surface area is 155 Å². The minimum Gasteiger partial charge on any atom is -0.354 e. The van der Waals surface area contributed by atoms with Crippen molar-refractivity contribution in [2.24, 2.45) is 11.1 Å². The molecule has 9 heteroatoms. The highest BCUT2D eigenvalue weighted by atomic mass is 32.2. The molecule has 1 aromatic rings. The van der Waals surface area contributed by atoms with Crippen LogP contribution in [0.15, 0.2) is 35.1 Å². The smallest absolute Gasteiger partial charge is 0.253 e. The maximum Gasteiger partial charge on any atom is 0.253 e. The van der Waals surface area contributed by atoms with Crippen LogP contribution in [0.3, 0.4) is 0 Å². The molecule has 0 radical (unpaired) electrons. The first-order valence-electron chi connectivity index (χ1n) is 7.79. The van der Waals surface area contributed by atoms with Crippen LogP contribution >= 0.6 is 23.9 Å². The maximum absolute atomic E-state index is 13.8. The number of nitrogens with one attached hydrogen (secondary N) is 2. The molecule has 0 aromatic heterocycles. The van der Waals surface area contributed by atoms with Gasteiger partial charge in [-0.1, -0.05) is 18.5 Å². The lowest BCUT2D eigenvalue weighted by Gasteiger charge is -2.17. The molecule has 1 saturated heterocycles. The van der Waals surface area contributed by atoms with E-state index in [-0.39, 0.29) is 23.3 Å². The predicted molar refractivity (Wildman–Crippen MR) is 99.3 cm³/mol. The van der Waals surface area contributed by atoms with Crippen molar-refractivity contribution in [2.75, 3.05) is 26.2 Å². The van der Waals surface area contributed by atoms with E-state index in [4.69, 9.17) is 5.14 Å². The quantitative estimate of drug-likeness (QED) is 0.468. The number of hydrogen-bond donors (Lipinski definition) is 3. The van der Waals surface area contributed by atoms with Crippen molar-refractivity contribution in [3.8, 4) is 0 Å². The average Bonchev–Trinajstić information content (AvgIpc) is 3.11. The summed E-state index contributed by atoms with van der Waals surface area (Å²) in [5.41, 5.74) is 0.266. The van der Waals surface area contributed by atoms with Crippen molar-refractivity contribution in [3.63, 3.8) is 0 Å². The summed E-state index contributed by atoms with van der Waals surface area (Å²) in [6, 6.07) is 4.23. The van der Waals surface area contributed by atoms with E-state index in [0.717, 1.165) is 11.9 Å². The molecule has 1 heterocycles. The Bertz CT molecular complexity index is 645. The minimum absolute atomic E-state index is 0.0678. The molecule has 0 saturated carbocycles. The van der Waals surface area contributed by atoms with Gasteiger partial charge in [-0.25, -0.2) is 4.39 Å². The number of amides is 2. The molecule has 1 aliphatic heterocycles. The van der Waals surface area contributed by atoms with Crippen molar-refractivity contribution < 1.29 is 14.0 Å². The van der Waals surface area contributed by atoms with E-state index >= 15 is 0 Å². The third-order valence-electron chi connectivity index (χ3n) is 3.85. The molecule has 1 aliphatic rings. The highest BCUT2D eigenvalue weighted by Gasteiger charge is 2.31. The first-order valence-corrected chi connectivity index (χ1v) is 9.55. The zero-order valence-electron chi connectivity index (χ0n) is 13.7. The molecule has 0 aliphatic carbocycles. The number of rotatable bonds is 8. The van der Waals surface area contributed by atoms with Crippen molar-refractivity contribution in [3.05, 3.63) is 41.6 Å². The monoisotopic (exact) mass is 384 g/mol. The lowest BCUT2D eigenvalue weighted by Crippen LogP contribution is -2.37. The number of carbonyl (C=O) groups is 2. The Hall–Kier alpha value is -1.55. The Morgan fingerprint density at radius 2 is 2.24 bits per heavy atom. The average molecular weight is 385 g/mol. The first kappa shape index (κ1) is 19.8. The molecule has 6 nitrogen and oxygen atoms in total. The van der Waals surface area contributed by atoms with Gasteiger partial charge in [-0.05, 0) is 42.0 Å². The summed E-state index contributed by atoms with van der Waals surface area (Å²) in [7, 11) is 0. The lowest BCUT2D eigenvalue weighted by atomic mass is 10.1. The van der Waals surface area contributed by atoms with Gasteiger partial charge in [0, 0.05) is 31.7 Å². The second kappa shape index (κ2) is 9.81. The van der Waals surface area contributed by atoms with Gasteiger partial charge in [-0.2, -0.15) is 0 Å². The molecular formula is C16H21FN4O2S2. The van der Waals surface area contributed by atoms with Crippen LogP contribution in [0.1, 0.15) is 16.8 Å². The van der Waals surface area contributed by atoms with Crippen LogP contribution < -0.4 is 15.2 Å². The van der Waals surface area contributed by atoms with Gasteiger partial charge in [0.25, 0.3) is 5.91 Å². The van der Waals surface area contributed by atoms with Crippen molar-refractivity contribution >= 4 is 35.7 Å². The number of hydrogen-bond acceptors (Lipinski definition) is 6. The van der Waals surface area contributed by atoms with Gasteiger partial charge in [-0.15, -0.1) is 0 Å². The Morgan fingerprint density at radius 1 is 1.44 bits per heavy atom. The Morgan fingerprint density at radius 3 is 2.92 bits per heavy atom. The van der Waals surface area contributed by atoms with Crippen LogP contribution in [-0.4, -0.2) is 42.9 Å². The predicted octanol–water partition coefficient (Wildman–Crippen LogP) is 1.75. The molecule has 2 amide bonds. The van der Waals surface area contributed by atoms with Crippen LogP contribution in [0.25, 0.3) is 0 Å². The van der Waals surface area contributed by atoms with Gasteiger partial charge < -0.3 is 10.2 Å². The summed E-state index contributed by atoms with van der Waals surface area (Å²) in [4.78, 5) is 26.5. The maximum atomic E-state index is 13.8. The number of nitrogens with zero attached hydrogens (tertiary/aromatic N) is 1. The second-order valence-corrected chi connectivity index (χ2v) is 7.00. The van der Waals surface area contributed by atoms with Crippen LogP contribution in [0.5, 0.6) is 0 Å². The van der Waals surface area contributed by atoms with Crippen molar-refractivity contribution in [2.45, 2.75) is 11.3 Å². The summed E-state index contributed by atoms with van der Waals surface area (Å²) < 4.78 is 16.8. The number of likely N-dealkylation sites (tertiary alicyclic amines) is 1. The molecule has 2 rings (SSSR count). The minimum atomic E-state index is -0.517. The van der Waals surface area contributed by atoms with Gasteiger partial charge in [0.15, 0.2) is 0 Å². The molecule has 1 atom stereocenters. The molecule has 0 spiro atoms. The highest BCUT2D eigenvalue weighted by Crippen LogP contribution is 2.22. The summed E-state index contributed by atoms with van der Waals surface area (Å²) in [6.45, 7) is 5.53. The third kappa shape index (κ3) is 5.46. The summed E-state index contributed by atoms with van der Waals surface area (Å²) in [6.07, 6.45) is 0.603. The highest BCUT2D eigenvalue weighted by molar-refractivity contribution is 8.00. The number of carbonyl (C=O) groups excluding carboxylic acids is 2. The molecule has 25 heavy (non-hydrogen) atoms. The topological polar surface area (TPSA) is 87.5 Å². The van der Waals surface area contributed by atoms with E-state index in [0.29, 0.717) is 37.5 Å². The first-order chi connectivity index (χ1) is 12.1. The molecule has 1 aromatic carbocycles. The summed E-state index contributed by atoms with van der Waals surface area (Å²) in [5.74, 6) is -1.09. The van der Waals surface area contributed by atoms with E-state index in [2.05, 4.69) is 16.6 Å². The SMILES string of the molecule is C=CSNCCNC(=O)C1CCN(C(=O)c2ccc(SN)c(F)c2)C1. The van der Waals surface area contributed by atoms with Gasteiger partial charge >= 0.3 is 0 Å². The molecule has 136 valence electrons. The Balaban J connectivity index is 1.85. The van der Waals surface area contributed by atoms with Gasteiger partial charge in [0.05, 0.1) is 10.8 Å². The molecule has 0 bridgehead atoms. The largest absolute Gasteiger partial charge is 0.354 e. The van der Waals surface area contributed by atoms with E-state index in [1.165, 1.54) is 24.1 Å². The second-order valence-electron chi connectivity index (χ2n) is 5.47. The van der Waals surface area contributed by atoms with E-state index in [1.807, 2.05) is 0 Å². The number of nitrogens with two attached hydrogens (primary N) is 1. The summed E-state index contributed by atoms with van der Waals surface area (Å²) in [5, 5.41) is 9.86. The molecule has 4 N–H and O–H groups in total. The van der Waals surface area contributed by atoms with Crippen LogP contribution in [0, 0.1) is 11.7 Å². The lowest BCUT2D eigenvalue weighted by molar-refractivity contribution is -0.124. The van der Waals surface area contributed by atoms with E-state index in [1.54, 1.807) is 16.4 Å². The normalized spacial score (nSPS) is 16.7. The van der Waals surface area contributed by atoms with Crippen molar-refractivity contribution in [1.82, 2.24) is 14.9 Å². The zero-order chi connectivity index (χ0) is 18.2. The van der Waals surface area contributed by atoms with Crippen LogP contribution in [0.4, 0.5) is 4.39 Å². The third-order valence-corrected chi connectivity index (χ3v) is 4.97. The van der Waals surface area contributed by atoms with Gasteiger partial charge in [-0.3, -0.25) is 19.5 Å². The Kier molecular flexibility index (Phi) is 7.76. The van der Waals surface area contributed by atoms with Gasteiger partial charge in [0.2, 0.25) is 5.91 Å². The summed E-state index contributed by atoms with van der Waals surface area (Å²) >= 11 is 2.17. The van der Waals surface area contributed by atoms with Crippen LogP contribution in [-0.2, 0) is 4.79 Å². The molecular weight excluding hydrogens is 363 g/mol. The van der Waals surface area contributed by atoms with Gasteiger partial charge in [0.1, 0.15) is 5.82 Å². The number of benzene rings is 1. The molecule has 1 fully saturated rings. The molecule has 1 unspecified atom stereocenters. The number of halogens is 1.